The van der Waals surface area contributed by atoms with E-state index in [-0.39, 0.29) is 11.5 Å². The Morgan fingerprint density at radius 2 is 2.12 bits per heavy atom. The van der Waals surface area contributed by atoms with Gasteiger partial charge in [-0.15, -0.1) is 10.2 Å². The minimum atomic E-state index is -0.405. The van der Waals surface area contributed by atoms with Crippen LogP contribution in [0.15, 0.2) is 28.7 Å². The summed E-state index contributed by atoms with van der Waals surface area (Å²) in [5.41, 5.74) is 0.276. The lowest BCUT2D eigenvalue weighted by Crippen LogP contribution is -1.82. The number of hydrogen-bond acceptors (Lipinski definition) is 4. The summed E-state index contributed by atoms with van der Waals surface area (Å²) in [4.78, 5) is 0. The smallest absolute Gasteiger partial charge is 0.250 e. The van der Waals surface area contributed by atoms with Crippen LogP contribution in [0.2, 0.25) is 0 Å². The standard InChI is InChI=1S/C11H8FN3O/c12-9-5-2-1-4-8(9)11-15-14-10(16-11)6-3-7-13/h1-2,4-5H,3,6H2. The van der Waals surface area contributed by atoms with E-state index < -0.39 is 5.82 Å². The molecule has 1 aromatic heterocycles. The van der Waals surface area contributed by atoms with E-state index in [4.69, 9.17) is 9.68 Å². The second-order valence-electron chi connectivity index (χ2n) is 3.14. The van der Waals surface area contributed by atoms with Crippen LogP contribution in [0.4, 0.5) is 4.39 Å². The van der Waals surface area contributed by atoms with Crippen molar-refractivity contribution in [3.8, 4) is 17.5 Å². The monoisotopic (exact) mass is 217 g/mol. The molecular formula is C11H8FN3O. The van der Waals surface area contributed by atoms with Crippen molar-refractivity contribution in [2.24, 2.45) is 0 Å². The van der Waals surface area contributed by atoms with Gasteiger partial charge in [-0.2, -0.15) is 5.26 Å². The molecule has 1 heterocycles. The molecule has 0 saturated carbocycles. The fourth-order valence-electron chi connectivity index (χ4n) is 1.26. The maximum absolute atomic E-state index is 13.4. The molecule has 0 aliphatic rings. The van der Waals surface area contributed by atoms with Crippen molar-refractivity contribution in [3.05, 3.63) is 36.0 Å². The molecule has 0 spiro atoms. The van der Waals surface area contributed by atoms with Crippen molar-refractivity contribution in [1.29, 1.82) is 5.26 Å². The van der Waals surface area contributed by atoms with Crippen molar-refractivity contribution in [2.75, 3.05) is 0 Å². The fraction of sp³-hybridized carbons (Fsp3) is 0.182. The summed E-state index contributed by atoms with van der Waals surface area (Å²) in [6.07, 6.45) is 0.691. The van der Waals surface area contributed by atoms with Gasteiger partial charge in [-0.1, -0.05) is 12.1 Å². The summed E-state index contributed by atoms with van der Waals surface area (Å²) in [7, 11) is 0. The highest BCUT2D eigenvalue weighted by atomic mass is 19.1. The third-order valence-corrected chi connectivity index (χ3v) is 2.02. The quantitative estimate of drug-likeness (QED) is 0.791. The van der Waals surface area contributed by atoms with E-state index in [9.17, 15) is 4.39 Å². The zero-order chi connectivity index (χ0) is 11.4. The Kier molecular flexibility index (Phi) is 2.92. The summed E-state index contributed by atoms with van der Waals surface area (Å²) in [5.74, 6) is 0.0869. The lowest BCUT2D eigenvalue weighted by Gasteiger charge is -1.95. The molecule has 0 radical (unpaired) electrons. The number of aromatic nitrogens is 2. The molecule has 4 nitrogen and oxygen atoms in total. The Morgan fingerprint density at radius 3 is 2.88 bits per heavy atom. The van der Waals surface area contributed by atoms with Gasteiger partial charge in [-0.05, 0) is 12.1 Å². The molecule has 0 N–H and O–H groups in total. The van der Waals surface area contributed by atoms with Gasteiger partial charge in [0.15, 0.2) is 0 Å². The Bertz CT molecular complexity index is 530. The number of nitrogens with zero attached hydrogens (tertiary/aromatic N) is 3. The number of nitriles is 1. The molecule has 0 bridgehead atoms. The minimum absolute atomic E-state index is 0.144. The van der Waals surface area contributed by atoms with Gasteiger partial charge in [-0.3, -0.25) is 0 Å². The van der Waals surface area contributed by atoms with Crippen LogP contribution in [0.1, 0.15) is 12.3 Å². The lowest BCUT2D eigenvalue weighted by atomic mass is 10.2. The van der Waals surface area contributed by atoms with Crippen molar-refractivity contribution >= 4 is 0 Å². The van der Waals surface area contributed by atoms with Gasteiger partial charge >= 0.3 is 0 Å². The van der Waals surface area contributed by atoms with E-state index in [1.807, 2.05) is 6.07 Å². The third kappa shape index (κ3) is 2.06. The van der Waals surface area contributed by atoms with Crippen molar-refractivity contribution in [3.63, 3.8) is 0 Å². The van der Waals surface area contributed by atoms with Crippen LogP contribution >= 0.6 is 0 Å². The van der Waals surface area contributed by atoms with E-state index in [2.05, 4.69) is 10.2 Å². The Hall–Kier alpha value is -2.22. The molecule has 80 valence electrons. The molecule has 0 fully saturated rings. The largest absolute Gasteiger partial charge is 0.421 e. The van der Waals surface area contributed by atoms with Gasteiger partial charge in [0.05, 0.1) is 11.6 Å². The van der Waals surface area contributed by atoms with Crippen LogP contribution in [-0.2, 0) is 6.42 Å². The summed E-state index contributed by atoms with van der Waals surface area (Å²) in [6.45, 7) is 0. The molecule has 2 rings (SSSR count). The predicted molar refractivity (Wildman–Crippen MR) is 53.6 cm³/mol. The first-order chi connectivity index (χ1) is 7.81. The average molecular weight is 217 g/mol. The van der Waals surface area contributed by atoms with E-state index in [0.29, 0.717) is 18.7 Å². The first kappa shape index (κ1) is 10.3. The molecule has 0 unspecified atom stereocenters. The Labute approximate surface area is 91.3 Å². The third-order valence-electron chi connectivity index (χ3n) is 2.02. The number of halogens is 1. The Morgan fingerprint density at radius 1 is 1.31 bits per heavy atom. The second-order valence-corrected chi connectivity index (χ2v) is 3.14. The van der Waals surface area contributed by atoms with Gasteiger partial charge in [-0.25, -0.2) is 4.39 Å². The maximum atomic E-state index is 13.4. The van der Waals surface area contributed by atoms with Gasteiger partial charge < -0.3 is 4.42 Å². The van der Waals surface area contributed by atoms with Crippen LogP contribution in [0.25, 0.3) is 11.5 Å². The van der Waals surface area contributed by atoms with Crippen LogP contribution < -0.4 is 0 Å². The van der Waals surface area contributed by atoms with E-state index in [1.165, 1.54) is 6.07 Å². The topological polar surface area (TPSA) is 62.7 Å². The molecule has 0 amide bonds. The molecule has 0 aliphatic carbocycles. The van der Waals surface area contributed by atoms with Gasteiger partial charge in [0.1, 0.15) is 5.82 Å². The van der Waals surface area contributed by atoms with E-state index in [0.717, 1.165) is 0 Å². The maximum Gasteiger partial charge on any atom is 0.250 e. The Balaban J connectivity index is 2.26. The highest BCUT2D eigenvalue weighted by molar-refractivity contribution is 5.53. The molecule has 16 heavy (non-hydrogen) atoms. The van der Waals surface area contributed by atoms with E-state index in [1.54, 1.807) is 18.2 Å². The molecular weight excluding hydrogens is 209 g/mol. The molecule has 0 aliphatic heterocycles. The molecule has 0 saturated heterocycles. The zero-order valence-electron chi connectivity index (χ0n) is 8.35. The van der Waals surface area contributed by atoms with E-state index >= 15 is 0 Å². The van der Waals surface area contributed by atoms with Crippen LogP contribution in [0, 0.1) is 17.1 Å². The first-order valence-corrected chi connectivity index (χ1v) is 4.75. The summed E-state index contributed by atoms with van der Waals surface area (Å²) < 4.78 is 18.6. The van der Waals surface area contributed by atoms with Crippen LogP contribution in [-0.4, -0.2) is 10.2 Å². The second kappa shape index (κ2) is 4.53. The van der Waals surface area contributed by atoms with Crippen molar-refractivity contribution < 1.29 is 8.81 Å². The predicted octanol–water partition coefficient (Wildman–Crippen LogP) is 2.33. The molecule has 5 heteroatoms. The minimum Gasteiger partial charge on any atom is -0.421 e. The summed E-state index contributed by atoms with van der Waals surface area (Å²) >= 11 is 0. The van der Waals surface area contributed by atoms with Crippen LogP contribution in [0.5, 0.6) is 0 Å². The van der Waals surface area contributed by atoms with Gasteiger partial charge in [0.25, 0.3) is 5.89 Å². The highest BCUT2D eigenvalue weighted by Crippen LogP contribution is 2.21. The summed E-state index contributed by atoms with van der Waals surface area (Å²) in [6, 6.07) is 8.15. The normalized spacial score (nSPS) is 10.0. The highest BCUT2D eigenvalue weighted by Gasteiger charge is 2.11. The molecule has 1 aromatic carbocycles. The zero-order valence-corrected chi connectivity index (χ0v) is 8.35. The fourth-order valence-corrected chi connectivity index (χ4v) is 1.26. The SMILES string of the molecule is N#CCCc1nnc(-c2ccccc2F)o1. The molecule has 0 atom stereocenters. The number of aryl methyl sites for hydroxylation is 1. The number of rotatable bonds is 3. The van der Waals surface area contributed by atoms with Crippen molar-refractivity contribution in [1.82, 2.24) is 10.2 Å². The van der Waals surface area contributed by atoms with Gasteiger partial charge in [0, 0.05) is 12.8 Å². The van der Waals surface area contributed by atoms with Crippen molar-refractivity contribution in [2.45, 2.75) is 12.8 Å². The van der Waals surface area contributed by atoms with Gasteiger partial charge in [0.2, 0.25) is 5.89 Å². The lowest BCUT2D eigenvalue weighted by molar-refractivity contribution is 0.502. The molecule has 2 aromatic rings. The average Bonchev–Trinajstić information content (AvgIpc) is 2.75. The summed E-state index contributed by atoms with van der Waals surface area (Å²) in [5, 5.41) is 15.9. The van der Waals surface area contributed by atoms with Crippen LogP contribution in [0.3, 0.4) is 0 Å². The first-order valence-electron chi connectivity index (χ1n) is 4.75. The number of benzene rings is 1. The number of hydrogen-bond donors (Lipinski definition) is 0.